The first-order valence-electron chi connectivity index (χ1n) is 11.1. The summed E-state index contributed by atoms with van der Waals surface area (Å²) >= 11 is 0. The van der Waals surface area contributed by atoms with Crippen LogP contribution in [0, 0.1) is 18.3 Å². The van der Waals surface area contributed by atoms with Crippen LogP contribution in [-0.4, -0.2) is 47.8 Å². The molecule has 164 valence electrons. The maximum absolute atomic E-state index is 13.5. The molecule has 0 unspecified atom stereocenters. The molecule has 0 bridgehead atoms. The van der Waals surface area contributed by atoms with Gasteiger partial charge in [0.15, 0.2) is 5.78 Å². The highest BCUT2D eigenvalue weighted by Gasteiger charge is 2.24. The van der Waals surface area contributed by atoms with Crippen molar-refractivity contribution in [1.82, 2.24) is 9.47 Å². The molecule has 0 atom stereocenters. The molecule has 6 heteroatoms. The van der Waals surface area contributed by atoms with E-state index in [1.54, 1.807) is 24.1 Å². The zero-order chi connectivity index (χ0) is 22.8. The van der Waals surface area contributed by atoms with Crippen molar-refractivity contribution in [3.05, 3.63) is 59.3 Å². The second kappa shape index (κ2) is 8.97. The molecule has 1 aromatic heterocycles. The monoisotopic (exact) mass is 428 g/mol. The Morgan fingerprint density at radius 3 is 2.38 bits per heavy atom. The molecule has 0 aliphatic carbocycles. The number of carbonyl (C=O) groups excluding carboxylic acids is 2. The standard InChI is InChI=1S/C26H28N4O2/c1-18-26(25(32)17-29-13-5-4-6-14-29)23-15-22(28(3)19(2)31)11-12-24(23)30(18)21-9-7-20(16-27)8-10-21/h7-12,15H,4-6,13-14,17H2,1-3H3. The van der Waals surface area contributed by atoms with Crippen molar-refractivity contribution >= 4 is 28.3 Å². The van der Waals surface area contributed by atoms with Crippen LogP contribution in [0.25, 0.3) is 16.6 Å². The average Bonchev–Trinajstić information content (AvgIpc) is 3.10. The predicted octanol–water partition coefficient (Wildman–Crippen LogP) is 4.46. The predicted molar refractivity (Wildman–Crippen MR) is 126 cm³/mol. The summed E-state index contributed by atoms with van der Waals surface area (Å²) in [6.45, 7) is 5.81. The molecule has 1 aliphatic heterocycles. The van der Waals surface area contributed by atoms with E-state index in [0.29, 0.717) is 17.7 Å². The van der Waals surface area contributed by atoms with Crippen LogP contribution >= 0.6 is 0 Å². The lowest BCUT2D eigenvalue weighted by Crippen LogP contribution is -2.34. The van der Waals surface area contributed by atoms with Gasteiger partial charge in [0.25, 0.3) is 0 Å². The third kappa shape index (κ3) is 4.04. The van der Waals surface area contributed by atoms with Gasteiger partial charge in [0, 0.05) is 42.0 Å². The van der Waals surface area contributed by atoms with E-state index in [-0.39, 0.29) is 11.7 Å². The Labute approximate surface area is 188 Å². The number of amides is 1. The van der Waals surface area contributed by atoms with Gasteiger partial charge < -0.3 is 9.47 Å². The second-order valence-corrected chi connectivity index (χ2v) is 8.49. The molecule has 6 nitrogen and oxygen atoms in total. The lowest BCUT2D eigenvalue weighted by molar-refractivity contribution is -0.116. The first-order valence-corrected chi connectivity index (χ1v) is 11.1. The Morgan fingerprint density at radius 1 is 1.06 bits per heavy atom. The van der Waals surface area contributed by atoms with Gasteiger partial charge in [-0.1, -0.05) is 6.42 Å². The highest BCUT2D eigenvalue weighted by atomic mass is 16.2. The lowest BCUT2D eigenvalue weighted by atomic mass is 10.0. The van der Waals surface area contributed by atoms with Crippen LogP contribution in [0.5, 0.6) is 0 Å². The minimum Gasteiger partial charge on any atom is -0.316 e. The Morgan fingerprint density at radius 2 is 1.75 bits per heavy atom. The fraction of sp³-hybridized carbons (Fsp3) is 0.346. The summed E-state index contributed by atoms with van der Waals surface area (Å²) in [6.07, 6.45) is 3.49. The highest BCUT2D eigenvalue weighted by molar-refractivity contribution is 6.12. The molecular weight excluding hydrogens is 400 g/mol. The number of fused-ring (bicyclic) bond motifs is 1. The third-order valence-corrected chi connectivity index (χ3v) is 6.40. The van der Waals surface area contributed by atoms with Crippen LogP contribution in [0.2, 0.25) is 0 Å². The normalized spacial score (nSPS) is 14.3. The van der Waals surface area contributed by atoms with Crippen molar-refractivity contribution in [3.8, 4) is 11.8 Å². The SMILES string of the molecule is CC(=O)N(C)c1ccc2c(c1)c(C(=O)CN1CCCCC1)c(C)n2-c1ccc(C#N)cc1. The number of Topliss-reactive ketones (excluding diaryl/α,β-unsaturated/α-hetero) is 1. The van der Waals surface area contributed by atoms with Gasteiger partial charge in [0.2, 0.25) is 5.91 Å². The lowest BCUT2D eigenvalue weighted by Gasteiger charge is -2.25. The summed E-state index contributed by atoms with van der Waals surface area (Å²) in [5.74, 6) is 0.0400. The third-order valence-electron chi connectivity index (χ3n) is 6.40. The van der Waals surface area contributed by atoms with E-state index in [1.165, 1.54) is 13.3 Å². The molecule has 1 amide bonds. The van der Waals surface area contributed by atoms with Gasteiger partial charge in [0.1, 0.15) is 0 Å². The van der Waals surface area contributed by atoms with E-state index >= 15 is 0 Å². The number of likely N-dealkylation sites (tertiary alicyclic amines) is 1. The van der Waals surface area contributed by atoms with Crippen molar-refractivity contribution in [2.75, 3.05) is 31.6 Å². The molecule has 3 aromatic rings. The van der Waals surface area contributed by atoms with Crippen LogP contribution in [0.15, 0.2) is 42.5 Å². The average molecular weight is 429 g/mol. The maximum Gasteiger partial charge on any atom is 0.223 e. The van der Waals surface area contributed by atoms with Crippen molar-refractivity contribution in [2.45, 2.75) is 33.1 Å². The number of hydrogen-bond donors (Lipinski definition) is 0. The molecule has 2 aromatic carbocycles. The number of ketones is 1. The van der Waals surface area contributed by atoms with E-state index in [4.69, 9.17) is 5.26 Å². The van der Waals surface area contributed by atoms with Crippen LogP contribution in [0.4, 0.5) is 5.69 Å². The van der Waals surface area contributed by atoms with E-state index in [1.807, 2.05) is 37.3 Å². The Kier molecular flexibility index (Phi) is 6.11. The quantitative estimate of drug-likeness (QED) is 0.563. The number of anilines is 1. The Hall–Kier alpha value is -3.43. The molecular formula is C26H28N4O2. The smallest absolute Gasteiger partial charge is 0.223 e. The van der Waals surface area contributed by atoms with Gasteiger partial charge in [0.05, 0.1) is 23.7 Å². The Bertz CT molecular complexity index is 1210. The van der Waals surface area contributed by atoms with Crippen LogP contribution in [0.3, 0.4) is 0 Å². The number of nitrogens with zero attached hydrogens (tertiary/aromatic N) is 4. The molecule has 1 saturated heterocycles. The molecule has 0 saturated carbocycles. The number of carbonyl (C=O) groups is 2. The van der Waals surface area contributed by atoms with Crippen molar-refractivity contribution < 1.29 is 9.59 Å². The molecule has 1 fully saturated rings. The molecule has 1 aliphatic rings. The zero-order valence-corrected chi connectivity index (χ0v) is 18.9. The van der Waals surface area contributed by atoms with E-state index < -0.39 is 0 Å². The summed E-state index contributed by atoms with van der Waals surface area (Å²) < 4.78 is 2.07. The van der Waals surface area contributed by atoms with Crippen LogP contribution < -0.4 is 4.90 Å². The summed E-state index contributed by atoms with van der Waals surface area (Å²) in [7, 11) is 1.74. The van der Waals surface area contributed by atoms with Gasteiger partial charge in [-0.25, -0.2) is 0 Å². The van der Waals surface area contributed by atoms with Gasteiger partial charge >= 0.3 is 0 Å². The number of aromatic nitrogens is 1. The fourth-order valence-corrected chi connectivity index (χ4v) is 4.57. The maximum atomic E-state index is 13.5. The molecule has 0 spiro atoms. The number of benzene rings is 2. The number of rotatable bonds is 5. The second-order valence-electron chi connectivity index (χ2n) is 8.49. The molecule has 0 radical (unpaired) electrons. The molecule has 32 heavy (non-hydrogen) atoms. The fourth-order valence-electron chi connectivity index (χ4n) is 4.57. The summed E-state index contributed by atoms with van der Waals surface area (Å²) in [5.41, 5.74) is 4.73. The zero-order valence-electron chi connectivity index (χ0n) is 18.9. The summed E-state index contributed by atoms with van der Waals surface area (Å²) in [4.78, 5) is 29.3. The largest absolute Gasteiger partial charge is 0.316 e. The summed E-state index contributed by atoms with van der Waals surface area (Å²) in [6, 6.07) is 15.3. The van der Waals surface area contributed by atoms with Crippen molar-refractivity contribution in [1.29, 1.82) is 5.26 Å². The number of piperidine rings is 1. The first kappa shape index (κ1) is 21.8. The molecule has 2 heterocycles. The van der Waals surface area contributed by atoms with Crippen molar-refractivity contribution in [3.63, 3.8) is 0 Å². The minimum absolute atomic E-state index is 0.0613. The van der Waals surface area contributed by atoms with Gasteiger partial charge in [-0.2, -0.15) is 5.26 Å². The number of hydrogen-bond acceptors (Lipinski definition) is 4. The van der Waals surface area contributed by atoms with Crippen LogP contribution in [-0.2, 0) is 4.79 Å². The summed E-state index contributed by atoms with van der Waals surface area (Å²) in [5, 5.41) is 9.99. The molecule has 0 N–H and O–H groups in total. The van der Waals surface area contributed by atoms with E-state index in [0.717, 1.165) is 53.9 Å². The Balaban J connectivity index is 1.86. The number of nitriles is 1. The van der Waals surface area contributed by atoms with E-state index in [9.17, 15) is 9.59 Å². The van der Waals surface area contributed by atoms with Crippen LogP contribution in [0.1, 0.15) is 47.8 Å². The topological polar surface area (TPSA) is 69.3 Å². The van der Waals surface area contributed by atoms with Crippen molar-refractivity contribution in [2.24, 2.45) is 0 Å². The van der Waals surface area contributed by atoms with Gasteiger partial charge in [-0.15, -0.1) is 0 Å². The minimum atomic E-state index is -0.0613. The van der Waals surface area contributed by atoms with Gasteiger partial charge in [-0.05, 0) is 75.3 Å². The first-order chi connectivity index (χ1) is 15.4. The van der Waals surface area contributed by atoms with Gasteiger partial charge in [-0.3, -0.25) is 14.5 Å². The molecule has 4 rings (SSSR count). The van der Waals surface area contributed by atoms with E-state index in [2.05, 4.69) is 15.5 Å². The highest BCUT2D eigenvalue weighted by Crippen LogP contribution is 2.33.